The number of aromatic nitrogens is 1. The Morgan fingerprint density at radius 2 is 1.39 bits per heavy atom. The number of piperidine rings is 1. The molecule has 5 heteroatoms. The molecule has 38 heavy (non-hydrogen) atoms. The lowest BCUT2D eigenvalue weighted by atomic mass is 9.89. The molecule has 0 spiro atoms. The minimum absolute atomic E-state index is 0.206. The molecule has 0 saturated carbocycles. The van der Waals surface area contributed by atoms with Crippen LogP contribution in [-0.4, -0.2) is 22.6 Å². The molecule has 0 radical (unpaired) electrons. The number of likely N-dealkylation sites (tertiary alicyclic amines) is 1. The lowest BCUT2D eigenvalue weighted by Crippen LogP contribution is -2.32. The molecule has 1 aromatic heterocycles. The van der Waals surface area contributed by atoms with Gasteiger partial charge in [0.05, 0.1) is 5.69 Å². The third-order valence-corrected chi connectivity index (χ3v) is 8.40. The Kier molecular flexibility index (Phi) is 7.25. The van der Waals surface area contributed by atoms with Crippen molar-refractivity contribution in [2.45, 2.75) is 31.8 Å². The molecular formula is C33H29Cl2FN2. The maximum absolute atomic E-state index is 14.6. The molecule has 4 aromatic carbocycles. The summed E-state index contributed by atoms with van der Waals surface area (Å²) in [5, 5.41) is 2.49. The normalized spacial score (nSPS) is 14.8. The van der Waals surface area contributed by atoms with E-state index in [4.69, 9.17) is 23.2 Å². The van der Waals surface area contributed by atoms with Crippen molar-refractivity contribution in [3.05, 3.63) is 130 Å². The van der Waals surface area contributed by atoms with Crippen LogP contribution in [0.1, 0.15) is 35.4 Å². The van der Waals surface area contributed by atoms with Crippen molar-refractivity contribution in [2.75, 3.05) is 13.1 Å². The zero-order chi connectivity index (χ0) is 26.1. The van der Waals surface area contributed by atoms with E-state index in [0.29, 0.717) is 5.92 Å². The van der Waals surface area contributed by atoms with Crippen molar-refractivity contribution in [1.29, 1.82) is 0 Å². The van der Waals surface area contributed by atoms with Gasteiger partial charge in [0.1, 0.15) is 5.82 Å². The number of fused-ring (bicyclic) bond motifs is 1. The van der Waals surface area contributed by atoms with Gasteiger partial charge in [0, 0.05) is 34.0 Å². The maximum Gasteiger partial charge on any atom is 0.123 e. The topological polar surface area (TPSA) is 8.17 Å². The molecule has 192 valence electrons. The highest BCUT2D eigenvalue weighted by molar-refractivity contribution is 6.36. The van der Waals surface area contributed by atoms with E-state index in [-0.39, 0.29) is 5.82 Å². The SMILES string of the molecule is Fc1ccc2c(c1)c(CN1CCC(c3c(Cl)cccc3Cl)CC1)c(-c1ccccc1)n2Cc1ccccc1. The van der Waals surface area contributed by atoms with Crippen molar-refractivity contribution in [3.8, 4) is 11.3 Å². The zero-order valence-corrected chi connectivity index (χ0v) is 22.6. The molecule has 2 heterocycles. The van der Waals surface area contributed by atoms with Gasteiger partial charge < -0.3 is 4.57 Å². The van der Waals surface area contributed by atoms with Gasteiger partial charge in [-0.15, -0.1) is 0 Å². The van der Waals surface area contributed by atoms with E-state index < -0.39 is 0 Å². The zero-order valence-electron chi connectivity index (χ0n) is 21.1. The number of nitrogens with zero attached hydrogens (tertiary/aromatic N) is 2. The summed E-state index contributed by atoms with van der Waals surface area (Å²) in [6, 6.07) is 31.9. The molecule has 2 nitrogen and oxygen atoms in total. The molecule has 5 aromatic rings. The van der Waals surface area contributed by atoms with Gasteiger partial charge in [-0.25, -0.2) is 4.39 Å². The molecule has 1 fully saturated rings. The van der Waals surface area contributed by atoms with Crippen LogP contribution in [0.25, 0.3) is 22.2 Å². The van der Waals surface area contributed by atoms with Crippen LogP contribution in [0.4, 0.5) is 4.39 Å². The van der Waals surface area contributed by atoms with Gasteiger partial charge in [-0.05, 0) is 84.4 Å². The monoisotopic (exact) mass is 542 g/mol. The molecule has 1 aliphatic rings. The van der Waals surface area contributed by atoms with Crippen LogP contribution < -0.4 is 0 Å². The smallest absolute Gasteiger partial charge is 0.123 e. The van der Waals surface area contributed by atoms with E-state index in [1.54, 1.807) is 12.1 Å². The Balaban J connectivity index is 1.38. The van der Waals surface area contributed by atoms with Crippen LogP contribution in [0.15, 0.2) is 97.1 Å². The second-order valence-corrected chi connectivity index (χ2v) is 10.9. The summed E-state index contributed by atoms with van der Waals surface area (Å²) in [5.41, 5.74) is 6.83. The number of benzene rings is 4. The van der Waals surface area contributed by atoms with Crippen molar-refractivity contribution in [2.24, 2.45) is 0 Å². The maximum atomic E-state index is 14.6. The highest BCUT2D eigenvalue weighted by atomic mass is 35.5. The first-order valence-electron chi connectivity index (χ1n) is 13.1. The minimum atomic E-state index is -0.206. The van der Waals surface area contributed by atoms with Gasteiger partial charge in [0.15, 0.2) is 0 Å². The van der Waals surface area contributed by atoms with Crippen molar-refractivity contribution >= 4 is 34.1 Å². The van der Waals surface area contributed by atoms with E-state index >= 15 is 0 Å². The van der Waals surface area contributed by atoms with Crippen LogP contribution in [-0.2, 0) is 13.1 Å². The first-order chi connectivity index (χ1) is 18.6. The summed E-state index contributed by atoms with van der Waals surface area (Å²) >= 11 is 13.1. The molecule has 0 aliphatic carbocycles. The summed E-state index contributed by atoms with van der Waals surface area (Å²) in [6.45, 7) is 3.34. The fraction of sp³-hybridized carbons (Fsp3) is 0.212. The molecule has 1 aliphatic heterocycles. The Labute approximate surface area is 233 Å². The number of hydrogen-bond donors (Lipinski definition) is 0. The number of halogens is 3. The molecule has 0 atom stereocenters. The second-order valence-electron chi connectivity index (χ2n) is 10.1. The van der Waals surface area contributed by atoms with Gasteiger partial charge >= 0.3 is 0 Å². The fourth-order valence-electron chi connectivity index (χ4n) is 5.92. The van der Waals surface area contributed by atoms with Gasteiger partial charge in [-0.1, -0.05) is 89.9 Å². The molecule has 0 unspecified atom stereocenters. The van der Waals surface area contributed by atoms with Crippen LogP contribution >= 0.6 is 23.2 Å². The second kappa shape index (κ2) is 10.9. The van der Waals surface area contributed by atoms with Gasteiger partial charge in [0.25, 0.3) is 0 Å². The van der Waals surface area contributed by atoms with Crippen LogP contribution in [0.2, 0.25) is 10.0 Å². The summed E-state index contributed by atoms with van der Waals surface area (Å²) in [4.78, 5) is 2.49. The van der Waals surface area contributed by atoms with E-state index in [0.717, 1.165) is 76.8 Å². The predicted molar refractivity (Wildman–Crippen MR) is 157 cm³/mol. The van der Waals surface area contributed by atoms with E-state index in [1.807, 2.05) is 36.4 Å². The largest absolute Gasteiger partial charge is 0.336 e. The Morgan fingerprint density at radius 1 is 0.737 bits per heavy atom. The lowest BCUT2D eigenvalue weighted by Gasteiger charge is -2.33. The van der Waals surface area contributed by atoms with Crippen molar-refractivity contribution in [1.82, 2.24) is 9.47 Å². The van der Waals surface area contributed by atoms with E-state index in [2.05, 4.69) is 58.0 Å². The summed E-state index contributed by atoms with van der Waals surface area (Å²) in [7, 11) is 0. The van der Waals surface area contributed by atoms with Crippen molar-refractivity contribution < 1.29 is 4.39 Å². The fourth-order valence-corrected chi connectivity index (χ4v) is 6.62. The summed E-state index contributed by atoms with van der Waals surface area (Å²) in [5.74, 6) is 0.139. The van der Waals surface area contributed by atoms with E-state index in [1.165, 1.54) is 11.1 Å². The average molecular weight is 544 g/mol. The molecule has 6 rings (SSSR count). The Bertz CT molecular complexity index is 1530. The highest BCUT2D eigenvalue weighted by Gasteiger charge is 2.27. The molecule has 1 saturated heterocycles. The van der Waals surface area contributed by atoms with Gasteiger partial charge in [-0.3, -0.25) is 4.90 Å². The van der Waals surface area contributed by atoms with Crippen LogP contribution in [0.5, 0.6) is 0 Å². The molecule has 0 N–H and O–H groups in total. The van der Waals surface area contributed by atoms with Crippen LogP contribution in [0.3, 0.4) is 0 Å². The molecule has 0 bridgehead atoms. The van der Waals surface area contributed by atoms with Crippen molar-refractivity contribution in [3.63, 3.8) is 0 Å². The lowest BCUT2D eigenvalue weighted by molar-refractivity contribution is 0.205. The van der Waals surface area contributed by atoms with Crippen LogP contribution in [0, 0.1) is 5.82 Å². The summed E-state index contributed by atoms with van der Waals surface area (Å²) < 4.78 is 17.0. The minimum Gasteiger partial charge on any atom is -0.336 e. The standard InChI is InChI=1S/C33H29Cl2FN2/c34-29-12-7-13-30(35)32(29)24-16-18-37(19-17-24)22-28-27-20-26(36)14-15-31(27)38(21-23-8-3-1-4-9-23)33(28)25-10-5-2-6-11-25/h1-15,20,24H,16-19,21-22H2. The predicted octanol–water partition coefficient (Wildman–Crippen LogP) is 9.18. The first kappa shape index (κ1) is 25.2. The molecular weight excluding hydrogens is 514 g/mol. The third kappa shape index (κ3) is 4.99. The quantitative estimate of drug-likeness (QED) is 0.207. The highest BCUT2D eigenvalue weighted by Crippen LogP contribution is 2.40. The number of rotatable bonds is 6. The Morgan fingerprint density at radius 3 is 2.08 bits per heavy atom. The first-order valence-corrected chi connectivity index (χ1v) is 13.9. The van der Waals surface area contributed by atoms with Gasteiger partial charge in [0.2, 0.25) is 0 Å². The third-order valence-electron chi connectivity index (χ3n) is 7.74. The molecule has 0 amide bonds. The summed E-state index contributed by atoms with van der Waals surface area (Å²) in [6.07, 6.45) is 1.97. The van der Waals surface area contributed by atoms with E-state index in [9.17, 15) is 4.39 Å². The van der Waals surface area contributed by atoms with Gasteiger partial charge in [-0.2, -0.15) is 0 Å². The Hall–Kier alpha value is -3.11. The average Bonchev–Trinajstić information content (AvgIpc) is 3.22. The number of hydrogen-bond acceptors (Lipinski definition) is 1.